The average Bonchev–Trinajstić information content (AvgIpc) is 2.73. The standard InChI is InChI=1S/C22H23NO6/c1-3-27-18-13-9-8-12-17(18)23-22(26)21(16-10-6-5-7-11-16)29-20(25)15-14-19(24)28-4-2/h5-15,21H,3-4H2,1-2H3,(H,23,26)/b15-14+. The van der Waals surface area contributed by atoms with Crippen LogP contribution in [0, 0.1) is 0 Å². The summed E-state index contributed by atoms with van der Waals surface area (Å²) < 4.78 is 15.5. The monoisotopic (exact) mass is 397 g/mol. The van der Waals surface area contributed by atoms with Crippen molar-refractivity contribution in [1.29, 1.82) is 0 Å². The Morgan fingerprint density at radius 1 is 0.897 bits per heavy atom. The van der Waals surface area contributed by atoms with Gasteiger partial charge in [-0.2, -0.15) is 0 Å². The van der Waals surface area contributed by atoms with Crippen LogP contribution in [0.4, 0.5) is 5.69 Å². The van der Waals surface area contributed by atoms with Crippen LogP contribution in [0.5, 0.6) is 5.75 Å². The van der Waals surface area contributed by atoms with E-state index in [-0.39, 0.29) is 6.61 Å². The van der Waals surface area contributed by atoms with Gasteiger partial charge in [-0.1, -0.05) is 42.5 Å². The van der Waals surface area contributed by atoms with Crippen LogP contribution in [0.15, 0.2) is 66.7 Å². The third-order valence-electron chi connectivity index (χ3n) is 3.66. The molecule has 7 heteroatoms. The highest BCUT2D eigenvalue weighted by Crippen LogP contribution is 2.26. The molecule has 7 nitrogen and oxygen atoms in total. The number of ether oxygens (including phenoxy) is 3. The predicted molar refractivity (Wildman–Crippen MR) is 107 cm³/mol. The lowest BCUT2D eigenvalue weighted by atomic mass is 10.1. The Morgan fingerprint density at radius 3 is 2.24 bits per heavy atom. The van der Waals surface area contributed by atoms with Gasteiger partial charge in [-0.15, -0.1) is 0 Å². The molecule has 1 unspecified atom stereocenters. The Balaban J connectivity index is 2.19. The number of hydrogen-bond donors (Lipinski definition) is 1. The molecule has 152 valence electrons. The van der Waals surface area contributed by atoms with E-state index in [1.54, 1.807) is 61.5 Å². The van der Waals surface area contributed by atoms with Gasteiger partial charge in [0.05, 0.1) is 18.9 Å². The highest BCUT2D eigenvalue weighted by molar-refractivity contribution is 5.98. The lowest BCUT2D eigenvalue weighted by molar-refractivity contribution is -0.150. The Labute approximate surface area is 169 Å². The number of esters is 2. The Kier molecular flexibility index (Phi) is 8.44. The van der Waals surface area contributed by atoms with Gasteiger partial charge >= 0.3 is 11.9 Å². The SMILES string of the molecule is CCOC(=O)/C=C/C(=O)OC(C(=O)Nc1ccccc1OCC)c1ccccc1. The fourth-order valence-corrected chi connectivity index (χ4v) is 2.43. The van der Waals surface area contributed by atoms with Crippen molar-refractivity contribution in [3.63, 3.8) is 0 Å². The van der Waals surface area contributed by atoms with Crippen LogP contribution in [0.1, 0.15) is 25.5 Å². The summed E-state index contributed by atoms with van der Waals surface area (Å²) >= 11 is 0. The minimum atomic E-state index is -1.22. The van der Waals surface area contributed by atoms with E-state index in [1.807, 2.05) is 6.92 Å². The fraction of sp³-hybridized carbons (Fsp3) is 0.227. The van der Waals surface area contributed by atoms with Crippen molar-refractivity contribution in [3.05, 3.63) is 72.3 Å². The lowest BCUT2D eigenvalue weighted by Crippen LogP contribution is -2.25. The van der Waals surface area contributed by atoms with Crippen molar-refractivity contribution in [2.24, 2.45) is 0 Å². The first-order valence-corrected chi connectivity index (χ1v) is 9.18. The van der Waals surface area contributed by atoms with Gasteiger partial charge in [0.25, 0.3) is 5.91 Å². The number of carbonyl (C=O) groups excluding carboxylic acids is 3. The average molecular weight is 397 g/mol. The van der Waals surface area contributed by atoms with Gasteiger partial charge in [-0.3, -0.25) is 4.79 Å². The summed E-state index contributed by atoms with van der Waals surface area (Å²) in [6, 6.07) is 15.5. The Bertz CT molecular complexity index is 863. The maximum absolute atomic E-state index is 12.9. The summed E-state index contributed by atoms with van der Waals surface area (Å²) in [4.78, 5) is 36.4. The van der Waals surface area contributed by atoms with E-state index >= 15 is 0 Å². The van der Waals surface area contributed by atoms with E-state index in [4.69, 9.17) is 14.2 Å². The zero-order chi connectivity index (χ0) is 21.1. The molecule has 1 amide bonds. The third kappa shape index (κ3) is 6.80. The van der Waals surface area contributed by atoms with Gasteiger partial charge in [0.1, 0.15) is 5.75 Å². The summed E-state index contributed by atoms with van der Waals surface area (Å²) in [5, 5.41) is 2.73. The number of nitrogens with one attached hydrogen (secondary N) is 1. The first-order valence-electron chi connectivity index (χ1n) is 9.18. The van der Waals surface area contributed by atoms with Gasteiger partial charge in [-0.25, -0.2) is 9.59 Å². The van der Waals surface area contributed by atoms with Gasteiger partial charge in [0, 0.05) is 17.7 Å². The first-order chi connectivity index (χ1) is 14.0. The summed E-state index contributed by atoms with van der Waals surface area (Å²) in [5.41, 5.74) is 0.940. The molecular formula is C22H23NO6. The molecule has 0 aliphatic carbocycles. The molecule has 0 heterocycles. The van der Waals surface area contributed by atoms with Crippen LogP contribution in [-0.2, 0) is 23.9 Å². The van der Waals surface area contributed by atoms with Gasteiger partial charge in [0.15, 0.2) is 0 Å². The minimum absolute atomic E-state index is 0.187. The third-order valence-corrected chi connectivity index (χ3v) is 3.66. The fourth-order valence-electron chi connectivity index (χ4n) is 2.43. The molecule has 0 saturated heterocycles. The molecule has 1 N–H and O–H groups in total. The van der Waals surface area contributed by atoms with Crippen molar-refractivity contribution >= 4 is 23.5 Å². The Morgan fingerprint density at radius 2 is 1.55 bits per heavy atom. The second-order valence-corrected chi connectivity index (χ2v) is 5.73. The highest BCUT2D eigenvalue weighted by atomic mass is 16.5. The molecule has 0 radical (unpaired) electrons. The van der Waals surface area contributed by atoms with Crippen molar-refractivity contribution < 1.29 is 28.6 Å². The summed E-state index contributed by atoms with van der Waals surface area (Å²) in [5.74, 6) is -1.57. The van der Waals surface area contributed by atoms with Crippen molar-refractivity contribution in [1.82, 2.24) is 0 Å². The molecule has 0 fully saturated rings. The van der Waals surface area contributed by atoms with E-state index in [9.17, 15) is 14.4 Å². The van der Waals surface area contributed by atoms with Crippen LogP contribution >= 0.6 is 0 Å². The molecule has 0 aromatic heterocycles. The van der Waals surface area contributed by atoms with E-state index in [0.717, 1.165) is 12.2 Å². The number of benzene rings is 2. The molecule has 1 atom stereocenters. The van der Waals surface area contributed by atoms with Gasteiger partial charge < -0.3 is 19.5 Å². The molecule has 2 aromatic carbocycles. The second-order valence-electron chi connectivity index (χ2n) is 5.73. The van der Waals surface area contributed by atoms with Crippen LogP contribution in [0.2, 0.25) is 0 Å². The van der Waals surface area contributed by atoms with E-state index < -0.39 is 23.9 Å². The van der Waals surface area contributed by atoms with Crippen molar-refractivity contribution in [3.8, 4) is 5.75 Å². The highest BCUT2D eigenvalue weighted by Gasteiger charge is 2.25. The summed E-state index contributed by atoms with van der Waals surface area (Å²) in [6.07, 6.45) is 0.663. The van der Waals surface area contributed by atoms with Crippen LogP contribution in [0.3, 0.4) is 0 Å². The molecule has 0 spiro atoms. The predicted octanol–water partition coefficient (Wildman–Crippen LogP) is 3.43. The molecule has 0 aliphatic rings. The molecule has 29 heavy (non-hydrogen) atoms. The molecule has 0 saturated carbocycles. The van der Waals surface area contributed by atoms with Crippen LogP contribution < -0.4 is 10.1 Å². The second kappa shape index (κ2) is 11.3. The zero-order valence-corrected chi connectivity index (χ0v) is 16.3. The van der Waals surface area contributed by atoms with Gasteiger partial charge in [-0.05, 0) is 26.0 Å². The topological polar surface area (TPSA) is 90.9 Å². The van der Waals surface area contributed by atoms with Crippen molar-refractivity contribution in [2.75, 3.05) is 18.5 Å². The van der Waals surface area contributed by atoms with Crippen LogP contribution in [0.25, 0.3) is 0 Å². The smallest absolute Gasteiger partial charge is 0.332 e. The van der Waals surface area contributed by atoms with E-state index in [0.29, 0.717) is 23.6 Å². The minimum Gasteiger partial charge on any atom is -0.492 e. The number of para-hydroxylation sites is 2. The molecule has 0 bridgehead atoms. The normalized spacial score (nSPS) is 11.5. The van der Waals surface area contributed by atoms with E-state index in [2.05, 4.69) is 5.32 Å². The van der Waals surface area contributed by atoms with Gasteiger partial charge in [0.2, 0.25) is 6.10 Å². The largest absolute Gasteiger partial charge is 0.492 e. The maximum atomic E-state index is 12.9. The summed E-state index contributed by atoms with van der Waals surface area (Å²) in [7, 11) is 0. The Hall–Kier alpha value is -3.61. The number of rotatable bonds is 9. The zero-order valence-electron chi connectivity index (χ0n) is 16.3. The molecule has 2 rings (SSSR count). The molecule has 0 aliphatic heterocycles. The maximum Gasteiger partial charge on any atom is 0.332 e. The van der Waals surface area contributed by atoms with E-state index in [1.165, 1.54) is 0 Å². The summed E-state index contributed by atoms with van der Waals surface area (Å²) in [6.45, 7) is 4.11. The number of anilines is 1. The molecule has 2 aromatic rings. The van der Waals surface area contributed by atoms with Crippen LogP contribution in [-0.4, -0.2) is 31.1 Å². The number of amides is 1. The quantitative estimate of drug-likeness (QED) is 0.515. The van der Waals surface area contributed by atoms with Crippen molar-refractivity contribution in [2.45, 2.75) is 20.0 Å². The molecular weight excluding hydrogens is 374 g/mol. The number of carbonyl (C=O) groups is 3. The first kappa shape index (κ1) is 21.7. The lowest BCUT2D eigenvalue weighted by Gasteiger charge is -2.18. The number of hydrogen-bond acceptors (Lipinski definition) is 6.